The molecule has 16 heavy (non-hydrogen) atoms. The van der Waals surface area contributed by atoms with E-state index in [-0.39, 0.29) is 18.8 Å². The zero-order chi connectivity index (χ0) is 12.2. The summed E-state index contributed by atoms with van der Waals surface area (Å²) >= 11 is 0. The van der Waals surface area contributed by atoms with Gasteiger partial charge in [0.25, 0.3) is 0 Å². The summed E-state index contributed by atoms with van der Waals surface area (Å²) in [7, 11) is 0. The van der Waals surface area contributed by atoms with Gasteiger partial charge in [-0.3, -0.25) is 0 Å². The van der Waals surface area contributed by atoms with Crippen LogP contribution in [0.2, 0.25) is 0 Å². The lowest BCUT2D eigenvalue weighted by molar-refractivity contribution is -0.00480. The maximum Gasteiger partial charge on any atom is 0.404 e. The van der Waals surface area contributed by atoms with Crippen molar-refractivity contribution in [3.63, 3.8) is 0 Å². The van der Waals surface area contributed by atoms with Gasteiger partial charge in [0.05, 0.1) is 5.60 Å². The van der Waals surface area contributed by atoms with Gasteiger partial charge in [0, 0.05) is 6.42 Å². The molecule has 5 heteroatoms. The first kappa shape index (κ1) is 12.4. The first-order valence-electron chi connectivity index (χ1n) is 4.78. The maximum absolute atomic E-state index is 12.6. The minimum atomic E-state index is -1.22. The van der Waals surface area contributed by atoms with Crippen LogP contribution in [-0.2, 0) is 11.2 Å². The smallest absolute Gasteiger partial charge is 0.404 e. The highest BCUT2D eigenvalue weighted by molar-refractivity contribution is 5.64. The molecule has 1 amide bonds. The summed E-state index contributed by atoms with van der Waals surface area (Å²) in [5, 5.41) is 9.86. The third-order valence-electron chi connectivity index (χ3n) is 2.02. The lowest BCUT2D eigenvalue weighted by Crippen LogP contribution is -2.35. The van der Waals surface area contributed by atoms with Crippen molar-refractivity contribution in [3.05, 3.63) is 35.6 Å². The Morgan fingerprint density at radius 2 is 2.06 bits per heavy atom. The van der Waals surface area contributed by atoms with Crippen LogP contribution in [0.3, 0.4) is 0 Å². The van der Waals surface area contributed by atoms with Crippen LogP contribution in [0.25, 0.3) is 0 Å². The number of aliphatic hydroxyl groups is 1. The van der Waals surface area contributed by atoms with Crippen LogP contribution < -0.4 is 5.73 Å². The van der Waals surface area contributed by atoms with Gasteiger partial charge in [-0.2, -0.15) is 0 Å². The van der Waals surface area contributed by atoms with Crippen LogP contribution in [0.1, 0.15) is 12.5 Å². The van der Waals surface area contributed by atoms with Gasteiger partial charge in [0.2, 0.25) is 0 Å². The number of primary amides is 1. The van der Waals surface area contributed by atoms with Crippen molar-refractivity contribution in [1.29, 1.82) is 0 Å². The number of hydrogen-bond acceptors (Lipinski definition) is 3. The third kappa shape index (κ3) is 4.27. The molecule has 0 aliphatic heterocycles. The molecule has 1 unspecified atom stereocenters. The van der Waals surface area contributed by atoms with E-state index in [1.54, 1.807) is 12.1 Å². The molecule has 0 saturated carbocycles. The Morgan fingerprint density at radius 3 is 2.56 bits per heavy atom. The molecule has 1 aromatic carbocycles. The number of carbonyl (C=O) groups excluding carboxylic acids is 1. The monoisotopic (exact) mass is 227 g/mol. The largest absolute Gasteiger partial charge is 0.447 e. The fourth-order valence-corrected chi connectivity index (χ4v) is 1.32. The Bertz CT molecular complexity index is 362. The standard InChI is InChI=1S/C11H14FNO3/c1-11(15,7-16-10(13)14)6-8-2-4-9(12)5-3-8/h2-5,15H,6-7H2,1H3,(H2,13,14). The SMILES string of the molecule is CC(O)(COC(N)=O)Cc1ccc(F)cc1. The first-order valence-corrected chi connectivity index (χ1v) is 4.78. The van der Waals surface area contributed by atoms with Crippen LogP contribution in [0.15, 0.2) is 24.3 Å². The minimum Gasteiger partial charge on any atom is -0.447 e. The van der Waals surface area contributed by atoms with Gasteiger partial charge in [-0.25, -0.2) is 9.18 Å². The molecule has 0 aliphatic rings. The zero-order valence-electron chi connectivity index (χ0n) is 8.94. The van der Waals surface area contributed by atoms with Crippen LogP contribution >= 0.6 is 0 Å². The highest BCUT2D eigenvalue weighted by Gasteiger charge is 2.22. The summed E-state index contributed by atoms with van der Waals surface area (Å²) in [4.78, 5) is 10.4. The number of amides is 1. The van der Waals surface area contributed by atoms with Crippen molar-refractivity contribution in [1.82, 2.24) is 0 Å². The molecule has 1 aromatic rings. The Labute approximate surface area is 92.8 Å². The Morgan fingerprint density at radius 1 is 1.50 bits per heavy atom. The topological polar surface area (TPSA) is 72.6 Å². The van der Waals surface area contributed by atoms with Crippen LogP contribution in [0.5, 0.6) is 0 Å². The third-order valence-corrected chi connectivity index (χ3v) is 2.02. The van der Waals surface area contributed by atoms with Crippen molar-refractivity contribution in [2.45, 2.75) is 18.9 Å². The van der Waals surface area contributed by atoms with Crippen molar-refractivity contribution in [2.75, 3.05) is 6.61 Å². The lowest BCUT2D eigenvalue weighted by atomic mass is 9.97. The summed E-state index contributed by atoms with van der Waals surface area (Å²) < 4.78 is 17.1. The molecule has 0 fully saturated rings. The van der Waals surface area contributed by atoms with Gasteiger partial charge in [-0.05, 0) is 24.6 Å². The van der Waals surface area contributed by atoms with Crippen molar-refractivity contribution < 1.29 is 19.0 Å². The number of rotatable bonds is 4. The van der Waals surface area contributed by atoms with Crippen molar-refractivity contribution in [2.24, 2.45) is 5.73 Å². The van der Waals surface area contributed by atoms with E-state index in [9.17, 15) is 14.3 Å². The van der Waals surface area contributed by atoms with E-state index in [1.807, 2.05) is 0 Å². The van der Waals surface area contributed by atoms with E-state index in [2.05, 4.69) is 4.74 Å². The molecular weight excluding hydrogens is 213 g/mol. The number of ether oxygens (including phenoxy) is 1. The molecule has 1 rings (SSSR count). The molecule has 1 atom stereocenters. The van der Waals surface area contributed by atoms with E-state index in [0.29, 0.717) is 0 Å². The van der Waals surface area contributed by atoms with Crippen LogP contribution in [0, 0.1) is 5.82 Å². The number of hydrogen-bond donors (Lipinski definition) is 2. The van der Waals surface area contributed by atoms with E-state index in [4.69, 9.17) is 5.73 Å². The molecule has 0 heterocycles. The average molecular weight is 227 g/mol. The van der Waals surface area contributed by atoms with Crippen LogP contribution in [0.4, 0.5) is 9.18 Å². The highest BCUT2D eigenvalue weighted by atomic mass is 19.1. The van der Waals surface area contributed by atoms with Crippen molar-refractivity contribution >= 4 is 6.09 Å². The van der Waals surface area contributed by atoms with E-state index >= 15 is 0 Å². The predicted molar refractivity (Wildman–Crippen MR) is 56.3 cm³/mol. The van der Waals surface area contributed by atoms with Crippen LogP contribution in [-0.4, -0.2) is 23.4 Å². The fourth-order valence-electron chi connectivity index (χ4n) is 1.32. The predicted octanol–water partition coefficient (Wildman–Crippen LogP) is 1.21. The number of halogens is 1. The first-order chi connectivity index (χ1) is 7.39. The molecule has 0 radical (unpaired) electrons. The second-order valence-electron chi connectivity index (χ2n) is 3.91. The van der Waals surface area contributed by atoms with Crippen molar-refractivity contribution in [3.8, 4) is 0 Å². The van der Waals surface area contributed by atoms with Gasteiger partial charge in [-0.15, -0.1) is 0 Å². The molecule has 0 bridgehead atoms. The second kappa shape index (κ2) is 4.94. The van der Waals surface area contributed by atoms with E-state index in [1.165, 1.54) is 19.1 Å². The normalized spacial score (nSPS) is 14.2. The fraction of sp³-hybridized carbons (Fsp3) is 0.364. The molecule has 0 saturated heterocycles. The molecule has 4 nitrogen and oxygen atoms in total. The van der Waals surface area contributed by atoms with E-state index < -0.39 is 11.7 Å². The van der Waals surface area contributed by atoms with Gasteiger partial charge in [-0.1, -0.05) is 12.1 Å². The van der Waals surface area contributed by atoms with Gasteiger partial charge in [0.1, 0.15) is 12.4 Å². The molecular formula is C11H14FNO3. The maximum atomic E-state index is 12.6. The Kier molecular flexibility index (Phi) is 3.84. The number of carbonyl (C=O) groups is 1. The van der Waals surface area contributed by atoms with Gasteiger partial charge < -0.3 is 15.6 Å². The molecule has 0 aromatic heterocycles. The molecule has 0 spiro atoms. The summed E-state index contributed by atoms with van der Waals surface area (Å²) in [6.07, 6.45) is -0.681. The van der Waals surface area contributed by atoms with Gasteiger partial charge in [0.15, 0.2) is 0 Å². The summed E-state index contributed by atoms with van der Waals surface area (Å²) in [5.41, 5.74) is 4.33. The second-order valence-corrected chi connectivity index (χ2v) is 3.91. The summed E-state index contributed by atoms with van der Waals surface area (Å²) in [5.74, 6) is -0.336. The molecule has 3 N–H and O–H groups in total. The highest BCUT2D eigenvalue weighted by Crippen LogP contribution is 2.14. The number of nitrogens with two attached hydrogens (primary N) is 1. The molecule has 0 aliphatic carbocycles. The summed E-state index contributed by atoms with van der Waals surface area (Å²) in [6, 6.07) is 5.74. The zero-order valence-corrected chi connectivity index (χ0v) is 8.94. The lowest BCUT2D eigenvalue weighted by Gasteiger charge is -2.22. The van der Waals surface area contributed by atoms with E-state index in [0.717, 1.165) is 5.56 Å². The summed E-state index contributed by atoms with van der Waals surface area (Å²) in [6.45, 7) is 1.32. The Hall–Kier alpha value is -1.62. The minimum absolute atomic E-state index is 0.195. The average Bonchev–Trinajstić information content (AvgIpc) is 2.19. The quantitative estimate of drug-likeness (QED) is 0.812. The number of benzene rings is 1. The Balaban J connectivity index is 2.57. The molecule has 88 valence electrons. The van der Waals surface area contributed by atoms with Gasteiger partial charge >= 0.3 is 6.09 Å².